The molecule has 2 aromatic carbocycles. The molecule has 0 saturated carbocycles. The standard InChI is InChI=1S/C50H68N2O12.2BrH/c1-7-45(55)61-40-21-15-32(25-42(40)63-47(57)9-3)13-11-23-51(5)36-17-18-37(51)28-34(27-36)50(49(59)60,31-44(53)54)35-29-38-19-20-39(30-35)52(38,6)24-12-14-33-16-22-41(62-46(56)8-2)43(26-33)64-48(58)10-4;;/h15-16,21-22,25-26,34-39H,7-14,17-20,23-24,27-31H2,1-6H3;2*1H/t34?,35?,36-,37+,38-,39+,50?,51?,52?;;. The van der Waals surface area contributed by atoms with Gasteiger partial charge in [-0.3, -0.25) is 28.8 Å². The van der Waals surface area contributed by atoms with Crippen LogP contribution in [0.2, 0.25) is 0 Å². The molecule has 4 saturated heterocycles. The van der Waals surface area contributed by atoms with Crippen LogP contribution in [0.5, 0.6) is 23.0 Å². The van der Waals surface area contributed by atoms with Gasteiger partial charge in [-0.15, -0.1) is 0 Å². The number of nitrogens with zero attached hydrogens (tertiary/aromatic N) is 2. The van der Waals surface area contributed by atoms with Crippen molar-refractivity contribution < 1.29 is 101 Å². The summed E-state index contributed by atoms with van der Waals surface area (Å²) in [6, 6.07) is 11.6. The molecule has 66 heavy (non-hydrogen) atoms. The van der Waals surface area contributed by atoms with Gasteiger partial charge in [0.05, 0.1) is 63.2 Å². The number of piperidine rings is 2. The summed E-state index contributed by atoms with van der Waals surface area (Å²) < 4.78 is 23.6. The minimum Gasteiger partial charge on any atom is -1.00 e. The van der Waals surface area contributed by atoms with Crippen molar-refractivity contribution in [3.63, 3.8) is 0 Å². The van der Waals surface area contributed by atoms with E-state index < -0.39 is 41.2 Å². The van der Waals surface area contributed by atoms with Gasteiger partial charge in [-0.2, -0.15) is 0 Å². The Morgan fingerprint density at radius 1 is 0.545 bits per heavy atom. The molecular weight excluding hydrogens is 980 g/mol. The van der Waals surface area contributed by atoms with Gasteiger partial charge in [-0.25, -0.2) is 0 Å². The second kappa shape index (κ2) is 23.4. The molecule has 0 aromatic heterocycles. The van der Waals surface area contributed by atoms with Crippen molar-refractivity contribution in [2.24, 2.45) is 17.3 Å². The molecule has 366 valence electrons. The second-order valence-electron chi connectivity index (χ2n) is 19.2. The summed E-state index contributed by atoms with van der Waals surface area (Å²) in [5.74, 6) is -3.25. The van der Waals surface area contributed by atoms with Gasteiger partial charge in [-0.1, -0.05) is 39.8 Å². The summed E-state index contributed by atoms with van der Waals surface area (Å²) in [6.45, 7) is 8.57. The number of aryl methyl sites for hydroxylation is 2. The third-order valence-corrected chi connectivity index (χ3v) is 15.8. The van der Waals surface area contributed by atoms with Gasteiger partial charge in [0.15, 0.2) is 23.0 Å². The molecule has 4 bridgehead atoms. The highest BCUT2D eigenvalue weighted by Gasteiger charge is 2.64. The highest BCUT2D eigenvalue weighted by atomic mass is 79.9. The van der Waals surface area contributed by atoms with Crippen molar-refractivity contribution in [1.82, 2.24) is 0 Å². The van der Waals surface area contributed by atoms with Crippen LogP contribution in [0.25, 0.3) is 0 Å². The number of carboxylic acid groups (broad SMARTS) is 2. The van der Waals surface area contributed by atoms with Gasteiger partial charge < -0.3 is 72.1 Å². The summed E-state index contributed by atoms with van der Waals surface area (Å²) in [7, 11) is 4.58. The van der Waals surface area contributed by atoms with Crippen molar-refractivity contribution in [2.75, 3.05) is 27.2 Å². The molecular formula is C50H70Br2N2O12. The third kappa shape index (κ3) is 11.9. The zero-order valence-electron chi connectivity index (χ0n) is 39.5. The Kier molecular flexibility index (Phi) is 19.4. The fourth-order valence-electron chi connectivity index (χ4n) is 12.1. The van der Waals surface area contributed by atoms with E-state index in [1.807, 2.05) is 12.1 Å². The van der Waals surface area contributed by atoms with Crippen molar-refractivity contribution in [1.29, 1.82) is 0 Å². The molecule has 4 unspecified atom stereocenters. The fraction of sp³-hybridized carbons (Fsp3) is 0.640. The molecule has 4 heterocycles. The molecule has 2 N–H and O–H groups in total. The minimum absolute atomic E-state index is 0. The first-order valence-electron chi connectivity index (χ1n) is 23.7. The molecule has 0 amide bonds. The molecule has 4 fully saturated rings. The van der Waals surface area contributed by atoms with Crippen LogP contribution in [-0.2, 0) is 41.6 Å². The molecule has 0 radical (unpaired) electrons. The lowest BCUT2D eigenvalue weighted by Crippen LogP contribution is -3.00. The zero-order valence-corrected chi connectivity index (χ0v) is 42.7. The Hall–Kier alpha value is -3.86. The Balaban J connectivity index is 0.00000476. The number of hydrogen-bond acceptors (Lipinski definition) is 10. The van der Waals surface area contributed by atoms with Crippen LogP contribution in [-0.4, -0.2) is 106 Å². The predicted molar refractivity (Wildman–Crippen MR) is 237 cm³/mol. The Morgan fingerprint density at radius 3 is 1.15 bits per heavy atom. The number of carbonyl (C=O) groups is 6. The molecule has 2 aromatic rings. The van der Waals surface area contributed by atoms with Crippen molar-refractivity contribution in [2.45, 2.75) is 161 Å². The number of quaternary nitrogens is 2. The molecule has 4 aliphatic rings. The van der Waals surface area contributed by atoms with E-state index in [2.05, 4.69) is 14.1 Å². The quantitative estimate of drug-likeness (QED) is 0.106. The van der Waals surface area contributed by atoms with Crippen LogP contribution in [0.3, 0.4) is 0 Å². The van der Waals surface area contributed by atoms with Crippen LogP contribution in [0, 0.1) is 17.3 Å². The smallest absolute Gasteiger partial charge is 0.311 e. The zero-order chi connectivity index (χ0) is 46.4. The van der Waals surface area contributed by atoms with Gasteiger partial charge in [0.1, 0.15) is 0 Å². The first-order chi connectivity index (χ1) is 30.5. The number of benzene rings is 2. The fourth-order valence-corrected chi connectivity index (χ4v) is 12.1. The molecule has 4 aliphatic heterocycles. The van der Waals surface area contributed by atoms with Crippen LogP contribution >= 0.6 is 0 Å². The Bertz CT molecular complexity index is 1920. The van der Waals surface area contributed by atoms with E-state index in [1.165, 1.54) is 0 Å². The number of carbonyl (C=O) groups excluding carboxylic acids is 4. The van der Waals surface area contributed by atoms with E-state index in [0.717, 1.165) is 71.7 Å². The monoisotopic (exact) mass is 1050 g/mol. The number of aliphatic carboxylic acids is 2. The maximum Gasteiger partial charge on any atom is 0.311 e. The lowest BCUT2D eigenvalue weighted by Gasteiger charge is -2.55. The summed E-state index contributed by atoms with van der Waals surface area (Å²) in [5, 5.41) is 21.8. The lowest BCUT2D eigenvalue weighted by atomic mass is 9.57. The summed E-state index contributed by atoms with van der Waals surface area (Å²) in [4.78, 5) is 75.1. The topological polar surface area (TPSA) is 180 Å². The summed E-state index contributed by atoms with van der Waals surface area (Å²) in [6.07, 6.45) is 10.2. The van der Waals surface area contributed by atoms with Gasteiger partial charge >= 0.3 is 35.8 Å². The van der Waals surface area contributed by atoms with Crippen molar-refractivity contribution in [3.05, 3.63) is 47.5 Å². The average molecular weight is 1050 g/mol. The lowest BCUT2D eigenvalue weighted by molar-refractivity contribution is -0.951. The summed E-state index contributed by atoms with van der Waals surface area (Å²) in [5.41, 5.74) is 0.568. The first-order valence-corrected chi connectivity index (χ1v) is 23.7. The van der Waals surface area contributed by atoms with Crippen molar-refractivity contribution >= 4 is 35.8 Å². The number of esters is 4. The van der Waals surface area contributed by atoms with E-state index in [-0.39, 0.29) is 125 Å². The minimum atomic E-state index is -1.35. The van der Waals surface area contributed by atoms with Crippen LogP contribution in [0.1, 0.15) is 135 Å². The maximum atomic E-state index is 13.8. The van der Waals surface area contributed by atoms with Gasteiger partial charge in [0.25, 0.3) is 0 Å². The first kappa shape index (κ1) is 54.7. The van der Waals surface area contributed by atoms with E-state index in [4.69, 9.17) is 18.9 Å². The number of fused-ring (bicyclic) bond motifs is 4. The Morgan fingerprint density at radius 2 is 0.864 bits per heavy atom. The van der Waals surface area contributed by atoms with E-state index in [0.29, 0.717) is 38.5 Å². The van der Waals surface area contributed by atoms with Gasteiger partial charge in [-0.05, 0) is 60.1 Å². The number of carboxylic acids is 2. The molecule has 0 spiro atoms. The molecule has 14 nitrogen and oxygen atoms in total. The van der Waals surface area contributed by atoms with Crippen LogP contribution in [0.15, 0.2) is 36.4 Å². The van der Waals surface area contributed by atoms with Gasteiger partial charge in [0.2, 0.25) is 0 Å². The van der Waals surface area contributed by atoms with E-state index in [9.17, 15) is 39.0 Å². The van der Waals surface area contributed by atoms with E-state index >= 15 is 0 Å². The SMILES string of the molecule is CCC(=O)Oc1ccc(CCC[N+]2(C)[C@@H]3CC[C@H]2CC(C(CC(=O)O)(C(=O)O)C2C[C@H]4CC[C@@H](C2)[N+]4(C)CCCc2ccc(OC(=O)CC)c(OC(=O)CC)c2)C3)cc1OC(=O)CC.[Br-].[Br-]. The number of halogens is 2. The average Bonchev–Trinajstić information content (AvgIpc) is 3.48. The summed E-state index contributed by atoms with van der Waals surface area (Å²) >= 11 is 0. The number of rotatable bonds is 21. The number of ether oxygens (including phenoxy) is 4. The molecule has 16 heteroatoms. The van der Waals surface area contributed by atoms with Gasteiger partial charge in [0, 0.05) is 89.9 Å². The molecule has 6 rings (SSSR count). The van der Waals surface area contributed by atoms with Crippen molar-refractivity contribution in [3.8, 4) is 23.0 Å². The Labute approximate surface area is 410 Å². The maximum absolute atomic E-state index is 13.8. The second-order valence-corrected chi connectivity index (χ2v) is 19.2. The normalized spacial score (nSPS) is 27.0. The molecule has 0 aliphatic carbocycles. The molecule has 8 atom stereocenters. The van der Waals surface area contributed by atoms with Crippen LogP contribution in [0.4, 0.5) is 0 Å². The van der Waals surface area contributed by atoms with Crippen LogP contribution < -0.4 is 52.9 Å². The highest BCUT2D eigenvalue weighted by Crippen LogP contribution is 2.58. The predicted octanol–water partition coefficient (Wildman–Crippen LogP) is 1.84. The number of hydrogen-bond donors (Lipinski definition) is 2. The third-order valence-electron chi connectivity index (χ3n) is 15.8. The highest BCUT2D eigenvalue weighted by molar-refractivity contribution is 5.82. The largest absolute Gasteiger partial charge is 1.00 e. The van der Waals surface area contributed by atoms with E-state index in [1.54, 1.807) is 52.0 Å².